The van der Waals surface area contributed by atoms with Gasteiger partial charge in [-0.05, 0) is 11.1 Å². The Labute approximate surface area is 127 Å². The fraction of sp³-hybridized carbons (Fsp3) is 0.455. The van der Waals surface area contributed by atoms with Gasteiger partial charge in [0.2, 0.25) is 0 Å². The van der Waals surface area contributed by atoms with Gasteiger partial charge in [0.05, 0.1) is 0 Å². The number of alkyl halides is 9. The first-order chi connectivity index (χ1) is 10.2. The highest BCUT2D eigenvalue weighted by Gasteiger charge is 2.56. The highest BCUT2D eigenvalue weighted by molar-refractivity contribution is 7.58. The Morgan fingerprint density at radius 3 is 1.57 bits per heavy atom. The summed E-state index contributed by atoms with van der Waals surface area (Å²) in [5.41, 5.74) is -0.554. The third kappa shape index (κ3) is 6.43. The molecule has 0 radical (unpaired) electrons. The minimum absolute atomic E-state index is 0.173. The van der Waals surface area contributed by atoms with Crippen molar-refractivity contribution in [3.8, 4) is 0 Å². The predicted octanol–water partition coefficient (Wildman–Crippen LogP) is 6.12. The smallest absolute Gasteiger partial charge is 0.365 e. The molecule has 132 valence electrons. The average Bonchev–Trinajstić information content (AvgIpc) is 2.32. The molecular formula is C11H9F9OP2. The van der Waals surface area contributed by atoms with Crippen molar-refractivity contribution in [1.29, 1.82) is 0 Å². The number of hydrogen-bond donors (Lipinski definition) is 1. The van der Waals surface area contributed by atoms with Crippen LogP contribution in [-0.4, -0.2) is 22.6 Å². The average molecular weight is 390 g/mol. The second kappa shape index (κ2) is 7.11. The topological polar surface area (TPSA) is 20.2 Å². The van der Waals surface area contributed by atoms with E-state index in [0.717, 1.165) is 24.3 Å². The molecule has 1 aromatic rings. The highest BCUT2D eigenvalue weighted by Crippen LogP contribution is 2.66. The van der Waals surface area contributed by atoms with Gasteiger partial charge in [0.15, 0.2) is 0 Å². The summed E-state index contributed by atoms with van der Waals surface area (Å²) in [6.45, 7) is 0. The van der Waals surface area contributed by atoms with Crippen LogP contribution in [0.15, 0.2) is 24.3 Å². The van der Waals surface area contributed by atoms with E-state index in [0.29, 0.717) is 0 Å². The van der Waals surface area contributed by atoms with Crippen LogP contribution in [0.3, 0.4) is 0 Å². The summed E-state index contributed by atoms with van der Waals surface area (Å²) in [5.74, 6) is -15.8. The zero-order chi connectivity index (χ0) is 18.1. The van der Waals surface area contributed by atoms with Crippen LogP contribution >= 0.6 is 16.1 Å². The largest absolute Gasteiger partial charge is 0.430 e. The van der Waals surface area contributed by atoms with Gasteiger partial charge in [0, 0.05) is 12.3 Å². The lowest BCUT2D eigenvalue weighted by atomic mass is 10.2. The lowest BCUT2D eigenvalue weighted by molar-refractivity contribution is -0.0837. The van der Waals surface area contributed by atoms with Crippen molar-refractivity contribution in [3.63, 3.8) is 0 Å². The first kappa shape index (κ1) is 20.5. The monoisotopic (exact) mass is 390 g/mol. The summed E-state index contributed by atoms with van der Waals surface area (Å²) < 4.78 is 112. The molecule has 0 spiro atoms. The molecule has 0 aliphatic rings. The van der Waals surface area contributed by atoms with Gasteiger partial charge in [0.25, 0.3) is 0 Å². The zero-order valence-corrected chi connectivity index (χ0v) is 12.8. The second-order valence-corrected chi connectivity index (χ2v) is 8.18. The molecule has 1 aromatic carbocycles. The van der Waals surface area contributed by atoms with Crippen molar-refractivity contribution in [2.24, 2.45) is 0 Å². The molecule has 0 bridgehead atoms. The second-order valence-electron chi connectivity index (χ2n) is 4.37. The van der Waals surface area contributed by atoms with E-state index in [9.17, 15) is 39.5 Å². The van der Waals surface area contributed by atoms with Crippen molar-refractivity contribution in [2.45, 2.75) is 30.1 Å². The Kier molecular flexibility index (Phi) is 6.33. The predicted molar refractivity (Wildman–Crippen MR) is 68.1 cm³/mol. The molecule has 0 saturated carbocycles. The minimum Gasteiger partial charge on any atom is -0.365 e. The first-order valence-corrected chi connectivity index (χ1v) is 8.74. The molecule has 1 unspecified atom stereocenters. The molecule has 1 atom stereocenters. The molecule has 23 heavy (non-hydrogen) atoms. The number of benzene rings is 1. The van der Waals surface area contributed by atoms with Gasteiger partial charge in [-0.1, -0.05) is 24.3 Å². The van der Waals surface area contributed by atoms with E-state index in [1.807, 2.05) is 0 Å². The van der Waals surface area contributed by atoms with Gasteiger partial charge in [-0.15, -0.1) is 0 Å². The van der Waals surface area contributed by atoms with Crippen LogP contribution in [0.4, 0.5) is 39.5 Å². The Morgan fingerprint density at radius 1 is 0.739 bits per heavy atom. The quantitative estimate of drug-likeness (QED) is 0.485. The van der Waals surface area contributed by atoms with Crippen LogP contribution in [0.2, 0.25) is 0 Å². The number of hydrogen-bond acceptors (Lipinski definition) is 1. The fourth-order valence-electron chi connectivity index (χ4n) is 1.59. The van der Waals surface area contributed by atoms with Crippen molar-refractivity contribution in [1.82, 2.24) is 0 Å². The van der Waals surface area contributed by atoms with Crippen LogP contribution in [0.25, 0.3) is 0 Å². The molecule has 0 aliphatic heterocycles. The van der Waals surface area contributed by atoms with E-state index in [1.165, 1.54) is 0 Å². The van der Waals surface area contributed by atoms with Crippen LogP contribution in [0.5, 0.6) is 0 Å². The molecule has 12 heteroatoms. The molecule has 1 nitrogen and oxygen atoms in total. The van der Waals surface area contributed by atoms with Gasteiger partial charge >= 0.3 is 17.8 Å². The SMILES string of the molecule is OP(Cc1cccc(CP(C(F)(F)F)C(F)(F)F)c1)C(F)(F)F. The van der Waals surface area contributed by atoms with E-state index in [4.69, 9.17) is 4.89 Å². The van der Waals surface area contributed by atoms with Gasteiger partial charge in [0.1, 0.15) is 16.1 Å². The van der Waals surface area contributed by atoms with Crippen LogP contribution in [0, 0.1) is 0 Å². The van der Waals surface area contributed by atoms with Crippen LogP contribution in [0.1, 0.15) is 11.1 Å². The minimum atomic E-state index is -5.46. The lowest BCUT2D eigenvalue weighted by Gasteiger charge is -2.23. The van der Waals surface area contributed by atoms with Crippen molar-refractivity contribution in [3.05, 3.63) is 35.4 Å². The van der Waals surface area contributed by atoms with E-state index >= 15 is 0 Å². The van der Waals surface area contributed by atoms with Crippen LogP contribution in [-0.2, 0) is 12.3 Å². The molecule has 1 N–H and O–H groups in total. The van der Waals surface area contributed by atoms with E-state index in [-0.39, 0.29) is 11.1 Å². The van der Waals surface area contributed by atoms with Crippen LogP contribution < -0.4 is 0 Å². The third-order valence-corrected chi connectivity index (χ3v) is 5.72. The summed E-state index contributed by atoms with van der Waals surface area (Å²) in [6.07, 6.45) is -2.26. The van der Waals surface area contributed by atoms with Gasteiger partial charge in [-0.2, -0.15) is 39.5 Å². The summed E-state index contributed by atoms with van der Waals surface area (Å²) in [4.78, 5) is 8.95. The van der Waals surface area contributed by atoms with E-state index in [2.05, 4.69) is 0 Å². The normalized spacial score (nSPS) is 15.1. The maximum Gasteiger partial charge on any atom is 0.430 e. The Hall–Kier alpha value is -0.590. The fourth-order valence-corrected chi connectivity index (χ4v) is 3.52. The van der Waals surface area contributed by atoms with Gasteiger partial charge < -0.3 is 4.89 Å². The van der Waals surface area contributed by atoms with Gasteiger partial charge in [-0.25, -0.2) is 0 Å². The summed E-state index contributed by atoms with van der Waals surface area (Å²) >= 11 is 0. The summed E-state index contributed by atoms with van der Waals surface area (Å²) in [7, 11) is -7.77. The highest BCUT2D eigenvalue weighted by atomic mass is 31.1. The third-order valence-electron chi connectivity index (χ3n) is 2.57. The Morgan fingerprint density at radius 2 is 1.17 bits per heavy atom. The zero-order valence-electron chi connectivity index (χ0n) is 11.0. The molecular weight excluding hydrogens is 381 g/mol. The standard InChI is InChI=1S/C11H9F9OP2/c12-9(13,14)22(10(15,16)17)5-7-2-1-3-8(4-7)6-23(21)11(18,19)20/h1-4,21H,5-6H2. The molecule has 0 aromatic heterocycles. The Bertz CT molecular complexity index is 509. The number of halogens is 9. The van der Waals surface area contributed by atoms with Crippen molar-refractivity contribution >= 4 is 16.1 Å². The Balaban J connectivity index is 2.96. The van der Waals surface area contributed by atoms with E-state index < -0.39 is 46.1 Å². The number of rotatable bonds is 4. The molecule has 0 heterocycles. The molecule has 0 amide bonds. The maximum atomic E-state index is 12.5. The molecule has 0 saturated heterocycles. The molecule has 1 rings (SSSR count). The molecule has 0 aliphatic carbocycles. The molecule has 0 fully saturated rings. The maximum absolute atomic E-state index is 12.5. The first-order valence-electron chi connectivity index (χ1n) is 5.73. The van der Waals surface area contributed by atoms with Gasteiger partial charge in [-0.3, -0.25) is 0 Å². The lowest BCUT2D eigenvalue weighted by Crippen LogP contribution is -2.19. The van der Waals surface area contributed by atoms with Crippen molar-refractivity contribution < 1.29 is 44.4 Å². The summed E-state index contributed by atoms with van der Waals surface area (Å²) in [6, 6.07) is 3.96. The van der Waals surface area contributed by atoms with E-state index in [1.54, 1.807) is 0 Å². The summed E-state index contributed by atoms with van der Waals surface area (Å²) in [5, 5.41) is 0. The van der Waals surface area contributed by atoms with Crippen molar-refractivity contribution in [2.75, 3.05) is 0 Å².